The van der Waals surface area contributed by atoms with Crippen molar-refractivity contribution in [2.45, 2.75) is 90.0 Å². The molecule has 3 nitrogen and oxygen atoms in total. The average Bonchev–Trinajstić information content (AvgIpc) is 3.27. The molecule has 1 N–H and O–H groups in total. The van der Waals surface area contributed by atoms with E-state index in [9.17, 15) is 4.79 Å². The lowest BCUT2D eigenvalue weighted by atomic mass is 10.1. The van der Waals surface area contributed by atoms with Gasteiger partial charge >= 0.3 is 0 Å². The fourth-order valence-corrected chi connectivity index (χ4v) is 2.53. The molecule has 1 fully saturated rings. The molecule has 3 heteroatoms. The summed E-state index contributed by atoms with van der Waals surface area (Å²) in [7, 11) is 0. The van der Waals surface area contributed by atoms with Crippen LogP contribution < -0.4 is 5.32 Å². The number of unbranched alkanes of at least 4 members (excludes halogenated alkanes) is 8. The Hall–Kier alpha value is -1.04. The zero-order valence-electron chi connectivity index (χ0n) is 13.0. The molecule has 1 amide bonds. The molecule has 0 radical (unpaired) electrons. The summed E-state index contributed by atoms with van der Waals surface area (Å²) in [6.07, 6.45) is 14.2. The monoisotopic (exact) mass is 278 g/mol. The molecule has 0 aromatic heterocycles. The largest absolute Gasteiger partial charge is 0.340 e. The number of rotatable bonds is 12. The predicted molar refractivity (Wildman–Crippen MR) is 82.1 cm³/mol. The Bertz CT molecular complexity index is 305. The second-order valence-corrected chi connectivity index (χ2v) is 6.09. The first-order chi connectivity index (χ1) is 9.77. The highest BCUT2D eigenvalue weighted by atomic mass is 16.1. The molecule has 1 saturated carbocycles. The standard InChI is InChI=1S/C17H30N2O/c1-2-3-4-5-6-7-8-9-10-11-17(20)19-16(14-18)15-12-13-15/h15-16H,2-13H2,1H3,(H,19,20). The van der Waals surface area contributed by atoms with Gasteiger partial charge in [-0.1, -0.05) is 58.3 Å². The molecule has 0 spiro atoms. The maximum Gasteiger partial charge on any atom is 0.221 e. The van der Waals surface area contributed by atoms with E-state index in [-0.39, 0.29) is 11.9 Å². The minimum absolute atomic E-state index is 0.0615. The summed E-state index contributed by atoms with van der Waals surface area (Å²) in [5, 5.41) is 11.8. The molecule has 20 heavy (non-hydrogen) atoms. The molecule has 0 saturated heterocycles. The van der Waals surface area contributed by atoms with E-state index in [4.69, 9.17) is 5.26 Å². The number of hydrogen-bond acceptors (Lipinski definition) is 2. The van der Waals surface area contributed by atoms with E-state index < -0.39 is 0 Å². The highest BCUT2D eigenvalue weighted by Crippen LogP contribution is 2.32. The first kappa shape index (κ1) is 17.0. The SMILES string of the molecule is CCCCCCCCCCCC(=O)NC(C#N)C1CC1. The van der Waals surface area contributed by atoms with Gasteiger partial charge in [0.05, 0.1) is 6.07 Å². The van der Waals surface area contributed by atoms with Gasteiger partial charge in [0.1, 0.15) is 6.04 Å². The Morgan fingerprint density at radius 3 is 2.15 bits per heavy atom. The normalized spacial score (nSPS) is 15.6. The first-order valence-electron chi connectivity index (χ1n) is 8.47. The van der Waals surface area contributed by atoms with E-state index in [2.05, 4.69) is 18.3 Å². The van der Waals surface area contributed by atoms with Crippen molar-refractivity contribution in [2.75, 3.05) is 0 Å². The quantitative estimate of drug-likeness (QED) is 0.540. The Kier molecular flexibility index (Phi) is 9.11. The fourth-order valence-electron chi connectivity index (χ4n) is 2.53. The molecular formula is C17H30N2O. The third-order valence-corrected chi connectivity index (χ3v) is 4.06. The molecule has 0 aromatic carbocycles. The van der Waals surface area contributed by atoms with Crippen LogP contribution in [0, 0.1) is 17.2 Å². The van der Waals surface area contributed by atoms with Crippen LogP contribution in [0.4, 0.5) is 0 Å². The van der Waals surface area contributed by atoms with Gasteiger partial charge in [-0.05, 0) is 25.2 Å². The van der Waals surface area contributed by atoms with Crippen molar-refractivity contribution in [3.63, 3.8) is 0 Å². The summed E-state index contributed by atoms with van der Waals surface area (Å²) in [6, 6.07) is 1.96. The van der Waals surface area contributed by atoms with Gasteiger partial charge in [0, 0.05) is 6.42 Å². The van der Waals surface area contributed by atoms with Gasteiger partial charge in [0.15, 0.2) is 0 Å². The molecule has 0 bridgehead atoms. The van der Waals surface area contributed by atoms with E-state index in [1.807, 2.05) is 0 Å². The third-order valence-electron chi connectivity index (χ3n) is 4.06. The van der Waals surface area contributed by atoms with E-state index in [1.54, 1.807) is 0 Å². The summed E-state index contributed by atoms with van der Waals surface area (Å²) >= 11 is 0. The zero-order valence-corrected chi connectivity index (χ0v) is 13.0. The van der Waals surface area contributed by atoms with Gasteiger partial charge in [0.25, 0.3) is 0 Å². The molecule has 1 rings (SSSR count). The van der Waals surface area contributed by atoms with Crippen LogP contribution in [-0.4, -0.2) is 11.9 Å². The van der Waals surface area contributed by atoms with E-state index >= 15 is 0 Å². The smallest absolute Gasteiger partial charge is 0.221 e. The molecule has 1 unspecified atom stereocenters. The summed E-state index contributed by atoms with van der Waals surface area (Å²) in [5.74, 6) is 0.485. The number of nitrogens with one attached hydrogen (secondary N) is 1. The lowest BCUT2D eigenvalue weighted by molar-refractivity contribution is -0.121. The number of hydrogen-bond donors (Lipinski definition) is 1. The van der Waals surface area contributed by atoms with Crippen LogP contribution in [0.2, 0.25) is 0 Å². The highest BCUT2D eigenvalue weighted by molar-refractivity contribution is 5.76. The van der Waals surface area contributed by atoms with Gasteiger partial charge in [-0.25, -0.2) is 0 Å². The van der Waals surface area contributed by atoms with Crippen molar-refractivity contribution in [1.82, 2.24) is 5.32 Å². The van der Waals surface area contributed by atoms with Gasteiger partial charge < -0.3 is 5.32 Å². The number of carbonyl (C=O) groups is 1. The molecule has 1 aliphatic rings. The predicted octanol–water partition coefficient (Wildman–Crippen LogP) is 4.33. The Labute approximate surface area is 124 Å². The van der Waals surface area contributed by atoms with E-state index in [1.165, 1.54) is 44.9 Å². The van der Waals surface area contributed by atoms with Gasteiger partial charge in [-0.2, -0.15) is 5.26 Å². The van der Waals surface area contributed by atoms with Crippen LogP contribution in [-0.2, 0) is 4.79 Å². The summed E-state index contributed by atoms with van der Waals surface area (Å²) in [6.45, 7) is 2.24. The molecule has 114 valence electrons. The molecule has 1 atom stereocenters. The van der Waals surface area contributed by atoms with Crippen LogP contribution in [0.3, 0.4) is 0 Å². The lowest BCUT2D eigenvalue weighted by Crippen LogP contribution is -2.35. The summed E-state index contributed by atoms with van der Waals surface area (Å²) < 4.78 is 0. The molecule has 0 heterocycles. The Balaban J connectivity index is 1.88. The fraction of sp³-hybridized carbons (Fsp3) is 0.882. The van der Waals surface area contributed by atoms with Crippen molar-refractivity contribution in [3.05, 3.63) is 0 Å². The topological polar surface area (TPSA) is 52.9 Å². The van der Waals surface area contributed by atoms with Crippen LogP contribution in [0.15, 0.2) is 0 Å². The number of nitrogens with zero attached hydrogens (tertiary/aromatic N) is 1. The second-order valence-electron chi connectivity index (χ2n) is 6.09. The number of amides is 1. The van der Waals surface area contributed by atoms with Crippen LogP contribution >= 0.6 is 0 Å². The van der Waals surface area contributed by atoms with Crippen LogP contribution in [0.1, 0.15) is 84.0 Å². The zero-order chi connectivity index (χ0) is 14.6. The maximum absolute atomic E-state index is 11.7. The molecule has 0 aliphatic heterocycles. The minimum atomic E-state index is -0.235. The first-order valence-corrected chi connectivity index (χ1v) is 8.47. The van der Waals surface area contributed by atoms with Gasteiger partial charge in [-0.3, -0.25) is 4.79 Å². The summed E-state index contributed by atoms with van der Waals surface area (Å²) in [4.78, 5) is 11.7. The van der Waals surface area contributed by atoms with Crippen molar-refractivity contribution in [1.29, 1.82) is 5.26 Å². The lowest BCUT2D eigenvalue weighted by Gasteiger charge is -2.10. The Morgan fingerprint density at radius 1 is 1.10 bits per heavy atom. The maximum atomic E-state index is 11.7. The van der Waals surface area contributed by atoms with E-state index in [0.717, 1.165) is 25.7 Å². The molecule has 0 aromatic rings. The Morgan fingerprint density at radius 2 is 1.65 bits per heavy atom. The van der Waals surface area contributed by atoms with Gasteiger partial charge in [-0.15, -0.1) is 0 Å². The van der Waals surface area contributed by atoms with E-state index in [0.29, 0.717) is 12.3 Å². The van der Waals surface area contributed by atoms with Crippen LogP contribution in [0.25, 0.3) is 0 Å². The van der Waals surface area contributed by atoms with Crippen molar-refractivity contribution in [2.24, 2.45) is 5.92 Å². The number of nitriles is 1. The number of carbonyl (C=O) groups excluding carboxylic acids is 1. The molecular weight excluding hydrogens is 248 g/mol. The third kappa shape index (κ3) is 8.19. The molecule has 1 aliphatic carbocycles. The van der Waals surface area contributed by atoms with Gasteiger partial charge in [0.2, 0.25) is 5.91 Å². The minimum Gasteiger partial charge on any atom is -0.340 e. The van der Waals surface area contributed by atoms with Crippen molar-refractivity contribution < 1.29 is 4.79 Å². The second kappa shape index (κ2) is 10.7. The average molecular weight is 278 g/mol. The van der Waals surface area contributed by atoms with Crippen molar-refractivity contribution >= 4 is 5.91 Å². The van der Waals surface area contributed by atoms with Crippen LogP contribution in [0.5, 0.6) is 0 Å². The highest BCUT2D eigenvalue weighted by Gasteiger charge is 2.32. The summed E-state index contributed by atoms with van der Waals surface area (Å²) in [5.41, 5.74) is 0. The van der Waals surface area contributed by atoms with Crippen molar-refractivity contribution in [3.8, 4) is 6.07 Å².